The summed E-state index contributed by atoms with van der Waals surface area (Å²) in [5.74, 6) is 0.261. The Morgan fingerprint density at radius 3 is 2.32 bits per heavy atom. The van der Waals surface area contributed by atoms with Gasteiger partial charge in [0.25, 0.3) is 0 Å². The van der Waals surface area contributed by atoms with Crippen LogP contribution in [0.5, 0.6) is 11.5 Å². The maximum atomic E-state index is 11.1. The van der Waals surface area contributed by atoms with E-state index in [1.54, 1.807) is 20.3 Å². The summed E-state index contributed by atoms with van der Waals surface area (Å²) in [6.45, 7) is 0. The number of benzene rings is 2. The van der Waals surface area contributed by atoms with E-state index in [9.17, 15) is 4.79 Å². The van der Waals surface area contributed by atoms with E-state index >= 15 is 0 Å². The molecule has 0 saturated carbocycles. The maximum absolute atomic E-state index is 11.1. The van der Waals surface area contributed by atoms with Gasteiger partial charge in [-0.15, -0.1) is 0 Å². The van der Waals surface area contributed by atoms with Gasteiger partial charge in [0, 0.05) is 15.9 Å². The molecule has 0 spiro atoms. The Hall–Kier alpha value is -2.40. The molecular formula is C17H16O4S. The van der Waals surface area contributed by atoms with Crippen molar-refractivity contribution in [3.05, 3.63) is 60.2 Å². The topological polar surface area (TPSA) is 55.8 Å². The largest absolute Gasteiger partial charge is 0.493 e. The molecule has 22 heavy (non-hydrogen) atoms. The maximum Gasteiger partial charge on any atom is 0.329 e. The minimum Gasteiger partial charge on any atom is -0.493 e. The molecule has 0 aromatic heterocycles. The van der Waals surface area contributed by atoms with Gasteiger partial charge in [-0.05, 0) is 23.8 Å². The Morgan fingerprint density at radius 1 is 1.05 bits per heavy atom. The molecule has 0 amide bonds. The molecule has 4 nitrogen and oxygen atoms in total. The first kappa shape index (κ1) is 16.0. The summed E-state index contributed by atoms with van der Waals surface area (Å²) in [6, 6.07) is 14.9. The molecule has 0 aliphatic heterocycles. The predicted octanol–water partition coefficient (Wildman–Crippen LogP) is 3.92. The minimum atomic E-state index is -0.980. The highest BCUT2D eigenvalue weighted by atomic mass is 32.2. The summed E-state index contributed by atoms with van der Waals surface area (Å²) in [7, 11) is 3.14. The fraction of sp³-hybridized carbons (Fsp3) is 0.118. The first-order chi connectivity index (χ1) is 10.6. The van der Waals surface area contributed by atoms with Crippen LogP contribution in [0.4, 0.5) is 0 Å². The lowest BCUT2D eigenvalue weighted by molar-refractivity contribution is -0.131. The van der Waals surface area contributed by atoms with E-state index in [2.05, 4.69) is 0 Å². The number of ether oxygens (including phenoxy) is 2. The molecule has 0 bridgehead atoms. The van der Waals surface area contributed by atoms with Crippen molar-refractivity contribution in [1.29, 1.82) is 0 Å². The van der Waals surface area contributed by atoms with Crippen LogP contribution in [0, 0.1) is 0 Å². The van der Waals surface area contributed by atoms with Crippen LogP contribution in [0.1, 0.15) is 5.56 Å². The van der Waals surface area contributed by atoms with Crippen LogP contribution in [-0.4, -0.2) is 25.3 Å². The number of aliphatic carboxylic acids is 1. The number of hydrogen-bond donors (Lipinski definition) is 1. The summed E-state index contributed by atoms with van der Waals surface area (Å²) in [5.41, 5.74) is 0.852. The Labute approximate surface area is 133 Å². The molecule has 5 heteroatoms. The molecule has 0 saturated heterocycles. The van der Waals surface area contributed by atoms with Crippen molar-refractivity contribution in [2.24, 2.45) is 0 Å². The molecule has 0 fully saturated rings. The predicted molar refractivity (Wildman–Crippen MR) is 87.5 cm³/mol. The second-order valence-electron chi connectivity index (χ2n) is 4.33. The molecular weight excluding hydrogens is 300 g/mol. The van der Waals surface area contributed by atoms with Crippen LogP contribution in [0.2, 0.25) is 0 Å². The van der Waals surface area contributed by atoms with Gasteiger partial charge in [0.1, 0.15) is 0 Å². The Bertz CT molecular complexity index is 680. The van der Waals surface area contributed by atoms with Gasteiger partial charge in [-0.1, -0.05) is 42.1 Å². The van der Waals surface area contributed by atoms with E-state index in [1.807, 2.05) is 42.5 Å². The number of carboxylic acids is 1. The van der Waals surface area contributed by atoms with E-state index in [0.717, 1.165) is 10.5 Å². The lowest BCUT2D eigenvalue weighted by atomic mass is 10.2. The van der Waals surface area contributed by atoms with Crippen molar-refractivity contribution >= 4 is 22.6 Å². The zero-order valence-corrected chi connectivity index (χ0v) is 13.1. The van der Waals surface area contributed by atoms with Crippen LogP contribution in [-0.2, 0) is 4.79 Å². The molecule has 0 aliphatic carbocycles. The number of rotatable bonds is 6. The summed E-state index contributed by atoms with van der Waals surface area (Å²) in [5, 5.41) is 9.07. The Kier molecular flexibility index (Phi) is 5.49. The summed E-state index contributed by atoms with van der Waals surface area (Å²) < 4.78 is 10.5. The highest BCUT2D eigenvalue weighted by molar-refractivity contribution is 8.08. The molecule has 0 radical (unpaired) electrons. The van der Waals surface area contributed by atoms with Gasteiger partial charge in [0.15, 0.2) is 11.5 Å². The molecule has 114 valence electrons. The molecule has 0 atom stereocenters. The fourth-order valence-electron chi connectivity index (χ4n) is 1.89. The number of carbonyl (C=O) groups is 1. The van der Waals surface area contributed by atoms with Gasteiger partial charge in [0.2, 0.25) is 0 Å². The zero-order valence-electron chi connectivity index (χ0n) is 12.3. The summed E-state index contributed by atoms with van der Waals surface area (Å²) in [6.07, 6.45) is 1.21. The third kappa shape index (κ3) is 4.05. The quantitative estimate of drug-likeness (QED) is 0.646. The lowest BCUT2D eigenvalue weighted by Gasteiger charge is -2.11. The van der Waals surface area contributed by atoms with Crippen molar-refractivity contribution in [2.75, 3.05) is 14.2 Å². The average molecular weight is 316 g/mol. The van der Waals surface area contributed by atoms with Gasteiger partial charge in [-0.2, -0.15) is 0 Å². The van der Waals surface area contributed by atoms with Gasteiger partial charge in [-0.3, -0.25) is 0 Å². The van der Waals surface area contributed by atoms with Gasteiger partial charge in [-0.25, -0.2) is 4.79 Å². The summed E-state index contributed by atoms with van der Waals surface area (Å²) >= 11 is 1.36. The van der Waals surface area contributed by atoms with E-state index < -0.39 is 5.97 Å². The third-order valence-electron chi connectivity index (χ3n) is 2.90. The molecule has 2 aromatic carbocycles. The normalized spacial score (nSPS) is 11.1. The van der Waals surface area contributed by atoms with Crippen LogP contribution >= 0.6 is 11.8 Å². The monoisotopic (exact) mass is 316 g/mol. The molecule has 0 heterocycles. The third-order valence-corrected chi connectivity index (χ3v) is 3.96. The van der Waals surface area contributed by atoms with Crippen LogP contribution in [0.15, 0.2) is 59.5 Å². The molecule has 2 rings (SSSR count). The van der Waals surface area contributed by atoms with Crippen molar-refractivity contribution in [3.8, 4) is 11.5 Å². The smallest absolute Gasteiger partial charge is 0.329 e. The molecule has 2 aromatic rings. The van der Waals surface area contributed by atoms with Crippen LogP contribution < -0.4 is 9.47 Å². The average Bonchev–Trinajstić information content (AvgIpc) is 2.54. The van der Waals surface area contributed by atoms with E-state index in [1.165, 1.54) is 17.8 Å². The Morgan fingerprint density at radius 2 is 1.73 bits per heavy atom. The lowest BCUT2D eigenvalue weighted by Crippen LogP contribution is -1.92. The van der Waals surface area contributed by atoms with Crippen molar-refractivity contribution < 1.29 is 19.4 Å². The van der Waals surface area contributed by atoms with Crippen molar-refractivity contribution in [1.82, 2.24) is 0 Å². The van der Waals surface area contributed by atoms with Crippen LogP contribution in [0.3, 0.4) is 0 Å². The second-order valence-corrected chi connectivity index (χ2v) is 5.45. The number of thioether (sulfide) groups is 1. The van der Waals surface area contributed by atoms with E-state index in [4.69, 9.17) is 14.6 Å². The SMILES string of the molecule is COc1ccc(SC(=CC(=O)O)c2ccccc2)cc1OC. The van der Waals surface area contributed by atoms with E-state index in [0.29, 0.717) is 16.4 Å². The minimum absolute atomic E-state index is 0.607. The van der Waals surface area contributed by atoms with Crippen molar-refractivity contribution in [3.63, 3.8) is 0 Å². The summed E-state index contributed by atoms with van der Waals surface area (Å²) in [4.78, 5) is 12.6. The highest BCUT2D eigenvalue weighted by Gasteiger charge is 2.10. The Balaban J connectivity index is 2.34. The van der Waals surface area contributed by atoms with Gasteiger partial charge in [0.05, 0.1) is 14.2 Å². The van der Waals surface area contributed by atoms with E-state index in [-0.39, 0.29) is 0 Å². The van der Waals surface area contributed by atoms with Crippen molar-refractivity contribution in [2.45, 2.75) is 4.90 Å². The second kappa shape index (κ2) is 7.56. The fourth-order valence-corrected chi connectivity index (χ4v) is 2.86. The first-order valence-electron chi connectivity index (χ1n) is 6.54. The molecule has 0 unspecified atom stereocenters. The zero-order chi connectivity index (χ0) is 15.9. The molecule has 1 N–H and O–H groups in total. The number of carboxylic acid groups (broad SMARTS) is 1. The standard InChI is InChI=1S/C17H16O4S/c1-20-14-9-8-13(10-15(14)21-2)22-16(11-17(18)19)12-6-4-3-5-7-12/h3-11H,1-2H3,(H,18,19). The molecule has 0 aliphatic rings. The number of hydrogen-bond acceptors (Lipinski definition) is 4. The van der Waals surface area contributed by atoms with Gasteiger partial charge >= 0.3 is 5.97 Å². The number of methoxy groups -OCH3 is 2. The highest BCUT2D eigenvalue weighted by Crippen LogP contribution is 2.38. The van der Waals surface area contributed by atoms with Gasteiger partial charge < -0.3 is 14.6 Å². The van der Waals surface area contributed by atoms with Crippen LogP contribution in [0.25, 0.3) is 4.91 Å². The first-order valence-corrected chi connectivity index (χ1v) is 7.35.